The highest BCUT2D eigenvalue weighted by Crippen LogP contribution is 2.31. The Morgan fingerprint density at radius 3 is 2.64 bits per heavy atom. The largest absolute Gasteiger partial charge is 0.475 e. The van der Waals surface area contributed by atoms with Crippen LogP contribution in [0.5, 0.6) is 5.88 Å². The molecule has 1 aromatic heterocycles. The van der Waals surface area contributed by atoms with Gasteiger partial charge in [0.05, 0.1) is 23.6 Å². The second-order valence-corrected chi connectivity index (χ2v) is 7.96. The first kappa shape index (κ1) is 19.0. The van der Waals surface area contributed by atoms with Gasteiger partial charge < -0.3 is 15.0 Å². The Bertz CT molecular complexity index is 819. The van der Waals surface area contributed by atoms with Crippen LogP contribution in [0.3, 0.4) is 0 Å². The van der Waals surface area contributed by atoms with Crippen molar-refractivity contribution in [3.63, 3.8) is 0 Å². The molecule has 1 saturated heterocycles. The third-order valence-electron chi connectivity index (χ3n) is 5.76. The number of hydrogen-bond donors (Lipinski definition) is 1. The van der Waals surface area contributed by atoms with E-state index >= 15 is 0 Å². The summed E-state index contributed by atoms with van der Waals surface area (Å²) in [5.41, 5.74) is 1.70. The minimum Gasteiger partial charge on any atom is -0.475 e. The lowest BCUT2D eigenvalue weighted by atomic mass is 9.96. The molecule has 2 aromatic rings. The van der Waals surface area contributed by atoms with E-state index in [-0.39, 0.29) is 11.8 Å². The second kappa shape index (κ2) is 8.76. The SMILES string of the molecule is CCCOc1nc2ccccc2nc1N1CCCC(C(=O)NC2CCCC2)C1. The third kappa shape index (κ3) is 4.21. The summed E-state index contributed by atoms with van der Waals surface area (Å²) in [5, 5.41) is 3.27. The molecule has 28 heavy (non-hydrogen) atoms. The number of nitrogens with one attached hydrogen (secondary N) is 1. The van der Waals surface area contributed by atoms with Crippen LogP contribution in [0.25, 0.3) is 11.0 Å². The van der Waals surface area contributed by atoms with Gasteiger partial charge in [0.15, 0.2) is 5.82 Å². The van der Waals surface area contributed by atoms with Crippen molar-refractivity contribution in [1.82, 2.24) is 15.3 Å². The van der Waals surface area contributed by atoms with Crippen LogP contribution in [0.15, 0.2) is 24.3 Å². The summed E-state index contributed by atoms with van der Waals surface area (Å²) < 4.78 is 5.94. The van der Waals surface area contributed by atoms with E-state index in [9.17, 15) is 4.79 Å². The van der Waals surface area contributed by atoms with Gasteiger partial charge in [-0.15, -0.1) is 0 Å². The van der Waals surface area contributed by atoms with Gasteiger partial charge in [-0.2, -0.15) is 0 Å². The van der Waals surface area contributed by atoms with Crippen LogP contribution in [-0.2, 0) is 4.79 Å². The number of piperidine rings is 1. The number of hydrogen-bond acceptors (Lipinski definition) is 5. The maximum atomic E-state index is 12.8. The fourth-order valence-corrected chi connectivity index (χ4v) is 4.25. The van der Waals surface area contributed by atoms with Gasteiger partial charge in [0, 0.05) is 19.1 Å². The Balaban J connectivity index is 1.54. The molecule has 1 aliphatic carbocycles. The lowest BCUT2D eigenvalue weighted by molar-refractivity contribution is -0.125. The van der Waals surface area contributed by atoms with Gasteiger partial charge in [0.2, 0.25) is 5.91 Å². The van der Waals surface area contributed by atoms with Crippen LogP contribution in [-0.4, -0.2) is 41.6 Å². The Hall–Kier alpha value is -2.37. The van der Waals surface area contributed by atoms with E-state index < -0.39 is 0 Å². The van der Waals surface area contributed by atoms with Crippen LogP contribution < -0.4 is 15.0 Å². The molecule has 2 aliphatic rings. The maximum Gasteiger partial charge on any atom is 0.258 e. The molecule has 150 valence electrons. The van der Waals surface area contributed by atoms with E-state index in [0.717, 1.165) is 55.5 Å². The van der Waals surface area contributed by atoms with Crippen LogP contribution in [0.4, 0.5) is 5.82 Å². The Kier molecular flexibility index (Phi) is 5.93. The van der Waals surface area contributed by atoms with Crippen molar-refractivity contribution in [2.75, 3.05) is 24.6 Å². The van der Waals surface area contributed by atoms with Crippen LogP contribution >= 0.6 is 0 Å². The molecular formula is C22H30N4O2. The van der Waals surface area contributed by atoms with Crippen molar-refractivity contribution in [2.45, 2.75) is 57.9 Å². The summed E-state index contributed by atoms with van der Waals surface area (Å²) in [6, 6.07) is 8.24. The van der Waals surface area contributed by atoms with Gasteiger partial charge in [-0.05, 0) is 44.2 Å². The van der Waals surface area contributed by atoms with Crippen molar-refractivity contribution in [3.05, 3.63) is 24.3 Å². The van der Waals surface area contributed by atoms with Crippen molar-refractivity contribution in [2.24, 2.45) is 5.92 Å². The van der Waals surface area contributed by atoms with E-state index in [1.165, 1.54) is 12.8 Å². The number of anilines is 1. The molecule has 1 atom stereocenters. The van der Waals surface area contributed by atoms with Crippen molar-refractivity contribution in [1.29, 1.82) is 0 Å². The number of ether oxygens (including phenoxy) is 1. The fourth-order valence-electron chi connectivity index (χ4n) is 4.25. The molecule has 0 spiro atoms. The molecule has 1 aliphatic heterocycles. The number of nitrogens with zero attached hydrogens (tertiary/aromatic N) is 3. The molecule has 4 rings (SSSR count). The number of rotatable bonds is 6. The Labute approximate surface area is 166 Å². The minimum atomic E-state index is 0.00152. The van der Waals surface area contributed by atoms with E-state index in [2.05, 4.69) is 17.1 Å². The van der Waals surface area contributed by atoms with Gasteiger partial charge in [-0.1, -0.05) is 31.9 Å². The molecule has 1 amide bonds. The van der Waals surface area contributed by atoms with Crippen molar-refractivity contribution >= 4 is 22.8 Å². The van der Waals surface area contributed by atoms with Gasteiger partial charge in [-0.25, -0.2) is 9.97 Å². The predicted molar refractivity (Wildman–Crippen MR) is 111 cm³/mol. The van der Waals surface area contributed by atoms with Crippen LogP contribution in [0.2, 0.25) is 0 Å². The predicted octanol–water partition coefficient (Wildman–Crippen LogP) is 3.69. The number of aromatic nitrogens is 2. The number of fused-ring (bicyclic) bond motifs is 1. The standard InChI is InChI=1S/C22H30N4O2/c1-2-14-28-22-20(24-18-11-5-6-12-19(18)25-22)26-13-7-8-16(15-26)21(27)23-17-9-3-4-10-17/h5-6,11-12,16-17H,2-4,7-10,13-15H2,1H3,(H,23,27). The molecule has 6 heteroatoms. The zero-order valence-corrected chi connectivity index (χ0v) is 16.7. The molecule has 1 N–H and O–H groups in total. The number of para-hydroxylation sites is 2. The molecule has 1 saturated carbocycles. The Morgan fingerprint density at radius 1 is 1.14 bits per heavy atom. The molecule has 1 unspecified atom stereocenters. The average Bonchev–Trinajstić information content (AvgIpc) is 3.24. The number of amides is 1. The second-order valence-electron chi connectivity index (χ2n) is 7.96. The van der Waals surface area contributed by atoms with Crippen LogP contribution in [0, 0.1) is 5.92 Å². The molecule has 2 fully saturated rings. The van der Waals surface area contributed by atoms with Crippen LogP contribution in [0.1, 0.15) is 51.9 Å². The van der Waals surface area contributed by atoms with E-state index in [4.69, 9.17) is 14.7 Å². The van der Waals surface area contributed by atoms with E-state index in [1.807, 2.05) is 24.3 Å². The minimum absolute atomic E-state index is 0.00152. The molecule has 0 bridgehead atoms. The average molecular weight is 383 g/mol. The highest BCUT2D eigenvalue weighted by atomic mass is 16.5. The summed E-state index contributed by atoms with van der Waals surface area (Å²) in [6.45, 7) is 4.24. The highest BCUT2D eigenvalue weighted by Gasteiger charge is 2.30. The lowest BCUT2D eigenvalue weighted by Gasteiger charge is -2.34. The third-order valence-corrected chi connectivity index (χ3v) is 5.76. The quantitative estimate of drug-likeness (QED) is 0.825. The highest BCUT2D eigenvalue weighted by molar-refractivity contribution is 5.81. The molecule has 1 aromatic carbocycles. The summed E-state index contributed by atoms with van der Waals surface area (Å²) in [7, 11) is 0. The zero-order valence-electron chi connectivity index (χ0n) is 16.7. The lowest BCUT2D eigenvalue weighted by Crippen LogP contribution is -2.45. The van der Waals surface area contributed by atoms with Crippen molar-refractivity contribution in [3.8, 4) is 5.88 Å². The molecule has 6 nitrogen and oxygen atoms in total. The fraction of sp³-hybridized carbons (Fsp3) is 0.591. The smallest absolute Gasteiger partial charge is 0.258 e. The zero-order chi connectivity index (χ0) is 19.3. The summed E-state index contributed by atoms with van der Waals surface area (Å²) in [5.74, 6) is 1.55. The first-order valence-electron chi connectivity index (χ1n) is 10.7. The van der Waals surface area contributed by atoms with E-state index in [1.54, 1.807) is 0 Å². The number of benzene rings is 1. The first-order valence-corrected chi connectivity index (χ1v) is 10.7. The molecular weight excluding hydrogens is 352 g/mol. The van der Waals surface area contributed by atoms with Gasteiger partial charge in [-0.3, -0.25) is 4.79 Å². The number of carbonyl (C=O) groups is 1. The van der Waals surface area contributed by atoms with Gasteiger partial charge >= 0.3 is 0 Å². The summed E-state index contributed by atoms with van der Waals surface area (Å²) in [4.78, 5) is 24.6. The number of carbonyl (C=O) groups excluding carboxylic acids is 1. The normalized spacial score (nSPS) is 20.5. The molecule has 2 heterocycles. The summed E-state index contributed by atoms with van der Waals surface area (Å²) in [6.07, 6.45) is 7.52. The van der Waals surface area contributed by atoms with E-state index in [0.29, 0.717) is 25.1 Å². The topological polar surface area (TPSA) is 67.4 Å². The van der Waals surface area contributed by atoms with Gasteiger partial charge in [0.1, 0.15) is 0 Å². The van der Waals surface area contributed by atoms with Crippen molar-refractivity contribution < 1.29 is 9.53 Å². The molecule has 0 radical (unpaired) electrons. The Morgan fingerprint density at radius 2 is 1.89 bits per heavy atom. The monoisotopic (exact) mass is 382 g/mol. The maximum absolute atomic E-state index is 12.8. The van der Waals surface area contributed by atoms with Gasteiger partial charge in [0.25, 0.3) is 5.88 Å². The first-order chi connectivity index (χ1) is 13.7. The summed E-state index contributed by atoms with van der Waals surface area (Å²) >= 11 is 0.